The van der Waals surface area contributed by atoms with Crippen LogP contribution >= 0.6 is 0 Å². The lowest BCUT2D eigenvalue weighted by atomic mass is 9.85. The minimum Gasteiger partial charge on any atom is -0.352 e. The van der Waals surface area contributed by atoms with Crippen LogP contribution in [0.5, 0.6) is 0 Å². The molecule has 0 spiro atoms. The molecule has 8 nitrogen and oxygen atoms in total. The van der Waals surface area contributed by atoms with Crippen molar-refractivity contribution in [1.29, 1.82) is 0 Å². The highest BCUT2D eigenvalue weighted by atomic mass is 16.2. The Labute approximate surface area is 146 Å². The maximum atomic E-state index is 12.4. The highest BCUT2D eigenvalue weighted by molar-refractivity contribution is 5.95. The van der Waals surface area contributed by atoms with Gasteiger partial charge in [-0.25, -0.2) is 0 Å². The molecule has 2 aromatic heterocycles. The van der Waals surface area contributed by atoms with Crippen molar-refractivity contribution in [3.63, 3.8) is 0 Å². The zero-order valence-electron chi connectivity index (χ0n) is 14.6. The number of likely N-dealkylation sites (tertiary alicyclic amines) is 1. The molecule has 0 radical (unpaired) electrons. The summed E-state index contributed by atoms with van der Waals surface area (Å²) in [4.78, 5) is 26.3. The van der Waals surface area contributed by atoms with Crippen LogP contribution in [0.2, 0.25) is 0 Å². The Kier molecular flexibility index (Phi) is 4.78. The van der Waals surface area contributed by atoms with Gasteiger partial charge in [-0.1, -0.05) is 0 Å². The third-order valence-corrected chi connectivity index (χ3v) is 4.73. The minimum atomic E-state index is -0.170. The molecule has 0 aromatic carbocycles. The summed E-state index contributed by atoms with van der Waals surface area (Å²) in [6.07, 6.45) is 6.44. The zero-order valence-corrected chi connectivity index (χ0v) is 14.6. The lowest BCUT2D eigenvalue weighted by Crippen LogP contribution is -2.44. The number of amides is 2. The first-order valence-corrected chi connectivity index (χ1v) is 8.28. The number of nitrogens with zero attached hydrogens (tertiary/aromatic N) is 5. The molecule has 2 aromatic rings. The number of hydrogen-bond donors (Lipinski definition) is 1. The van der Waals surface area contributed by atoms with Crippen LogP contribution in [0.3, 0.4) is 0 Å². The van der Waals surface area contributed by atoms with Crippen LogP contribution in [0.15, 0.2) is 24.7 Å². The van der Waals surface area contributed by atoms with E-state index in [0.717, 1.165) is 12.0 Å². The lowest BCUT2D eigenvalue weighted by Gasteiger charge is -2.38. The number of piperidine rings is 1. The van der Waals surface area contributed by atoms with E-state index in [2.05, 4.69) is 20.6 Å². The Hall–Kier alpha value is -2.77. The van der Waals surface area contributed by atoms with E-state index in [9.17, 15) is 9.59 Å². The van der Waals surface area contributed by atoms with Crippen LogP contribution in [0.4, 0.5) is 0 Å². The summed E-state index contributed by atoms with van der Waals surface area (Å²) in [6, 6.07) is 1.57. The Bertz CT molecular complexity index is 787. The molecule has 1 fully saturated rings. The summed E-state index contributed by atoms with van der Waals surface area (Å²) >= 11 is 0. The molecule has 1 aliphatic heterocycles. The van der Waals surface area contributed by atoms with Crippen molar-refractivity contribution < 1.29 is 9.59 Å². The standard InChI is InChI=1S/C17H22N6O2/c1-11-14(6-7-19-21-11)17(25)18-8-12-4-5-15(24)23(3)16(12)13-9-20-22(2)10-13/h6-7,9-10,12,16H,4-5,8H2,1-3H3,(H,18,25)/t12-,16+/m1/s1. The number of aromatic nitrogens is 4. The van der Waals surface area contributed by atoms with Gasteiger partial charge in [-0.2, -0.15) is 15.3 Å². The minimum absolute atomic E-state index is 0.0908. The predicted molar refractivity (Wildman–Crippen MR) is 90.5 cm³/mol. The topological polar surface area (TPSA) is 93.0 Å². The number of hydrogen-bond acceptors (Lipinski definition) is 5. The van der Waals surface area contributed by atoms with Gasteiger partial charge in [0.25, 0.3) is 5.91 Å². The first kappa shape index (κ1) is 17.1. The largest absolute Gasteiger partial charge is 0.352 e. The molecule has 0 saturated carbocycles. The Morgan fingerprint density at radius 1 is 1.40 bits per heavy atom. The normalized spacial score (nSPS) is 20.6. The number of carbonyl (C=O) groups is 2. The van der Waals surface area contributed by atoms with E-state index in [4.69, 9.17) is 0 Å². The van der Waals surface area contributed by atoms with Crippen molar-refractivity contribution in [2.45, 2.75) is 25.8 Å². The van der Waals surface area contributed by atoms with E-state index in [1.807, 2.05) is 20.3 Å². The molecule has 3 rings (SSSR count). The van der Waals surface area contributed by atoms with Crippen LogP contribution in [0.25, 0.3) is 0 Å². The number of aryl methyl sites for hydroxylation is 2. The van der Waals surface area contributed by atoms with Crippen LogP contribution in [0.1, 0.15) is 40.5 Å². The second kappa shape index (κ2) is 7.00. The molecular weight excluding hydrogens is 320 g/mol. The van der Waals surface area contributed by atoms with E-state index in [1.165, 1.54) is 6.20 Å². The summed E-state index contributed by atoms with van der Waals surface area (Å²) in [5.41, 5.74) is 2.10. The van der Waals surface area contributed by atoms with Gasteiger partial charge in [0.2, 0.25) is 5.91 Å². The summed E-state index contributed by atoms with van der Waals surface area (Å²) in [5, 5.41) is 14.9. The molecule has 25 heavy (non-hydrogen) atoms. The molecule has 0 bridgehead atoms. The Morgan fingerprint density at radius 3 is 2.88 bits per heavy atom. The van der Waals surface area contributed by atoms with Crippen molar-refractivity contribution in [2.75, 3.05) is 13.6 Å². The first-order chi connectivity index (χ1) is 12.0. The van der Waals surface area contributed by atoms with Crippen molar-refractivity contribution in [3.8, 4) is 0 Å². The van der Waals surface area contributed by atoms with E-state index >= 15 is 0 Å². The van der Waals surface area contributed by atoms with E-state index < -0.39 is 0 Å². The monoisotopic (exact) mass is 342 g/mol. The molecule has 132 valence electrons. The van der Waals surface area contributed by atoms with Crippen LogP contribution in [-0.2, 0) is 11.8 Å². The van der Waals surface area contributed by atoms with Crippen LogP contribution in [0, 0.1) is 12.8 Å². The molecule has 1 N–H and O–H groups in total. The molecule has 8 heteroatoms. The summed E-state index contributed by atoms with van der Waals surface area (Å²) < 4.78 is 1.73. The average Bonchev–Trinajstić information content (AvgIpc) is 3.02. The maximum absolute atomic E-state index is 12.4. The van der Waals surface area contributed by atoms with Crippen LogP contribution in [-0.4, -0.2) is 50.3 Å². The van der Waals surface area contributed by atoms with E-state index in [0.29, 0.717) is 24.2 Å². The second-order valence-corrected chi connectivity index (χ2v) is 6.44. The van der Waals surface area contributed by atoms with Gasteiger partial charge in [-0.3, -0.25) is 14.3 Å². The second-order valence-electron chi connectivity index (χ2n) is 6.44. The van der Waals surface area contributed by atoms with Gasteiger partial charge >= 0.3 is 0 Å². The maximum Gasteiger partial charge on any atom is 0.253 e. The molecular formula is C17H22N6O2. The first-order valence-electron chi connectivity index (χ1n) is 8.28. The van der Waals surface area contributed by atoms with Gasteiger partial charge in [0.1, 0.15) is 0 Å². The van der Waals surface area contributed by atoms with Gasteiger partial charge < -0.3 is 10.2 Å². The van der Waals surface area contributed by atoms with Gasteiger partial charge in [0, 0.05) is 44.7 Å². The molecule has 2 atom stereocenters. The summed E-state index contributed by atoms with van der Waals surface area (Å²) in [7, 11) is 3.66. The highest BCUT2D eigenvalue weighted by Crippen LogP contribution is 2.35. The summed E-state index contributed by atoms with van der Waals surface area (Å²) in [5.74, 6) is 0.0773. The fourth-order valence-electron chi connectivity index (χ4n) is 3.38. The SMILES string of the molecule is Cc1nnccc1C(=O)NC[C@H]1CCC(=O)N(C)[C@@H]1c1cnn(C)c1. The van der Waals surface area contributed by atoms with Gasteiger partial charge in [-0.05, 0) is 19.4 Å². The molecule has 0 unspecified atom stereocenters. The van der Waals surface area contributed by atoms with Gasteiger partial charge in [0.15, 0.2) is 0 Å². The molecule has 2 amide bonds. The highest BCUT2D eigenvalue weighted by Gasteiger charge is 2.35. The quantitative estimate of drug-likeness (QED) is 0.889. The summed E-state index contributed by atoms with van der Waals surface area (Å²) in [6.45, 7) is 2.24. The van der Waals surface area contributed by atoms with Gasteiger partial charge in [-0.15, -0.1) is 0 Å². The fraction of sp³-hybridized carbons (Fsp3) is 0.471. The Balaban J connectivity index is 1.74. The lowest BCUT2D eigenvalue weighted by molar-refractivity contribution is -0.136. The zero-order chi connectivity index (χ0) is 18.0. The average molecular weight is 342 g/mol. The third kappa shape index (κ3) is 3.52. The van der Waals surface area contributed by atoms with Crippen molar-refractivity contribution in [2.24, 2.45) is 13.0 Å². The predicted octanol–water partition coefficient (Wildman–Crippen LogP) is 0.858. The molecule has 3 heterocycles. The van der Waals surface area contributed by atoms with Crippen molar-refractivity contribution in [3.05, 3.63) is 41.5 Å². The molecule has 0 aliphatic carbocycles. The van der Waals surface area contributed by atoms with Crippen LogP contribution < -0.4 is 5.32 Å². The number of rotatable bonds is 4. The third-order valence-electron chi connectivity index (χ3n) is 4.73. The van der Waals surface area contributed by atoms with Crippen molar-refractivity contribution in [1.82, 2.24) is 30.2 Å². The number of nitrogens with one attached hydrogen (secondary N) is 1. The van der Waals surface area contributed by atoms with E-state index in [-0.39, 0.29) is 23.8 Å². The van der Waals surface area contributed by atoms with Gasteiger partial charge in [0.05, 0.1) is 29.7 Å². The fourth-order valence-corrected chi connectivity index (χ4v) is 3.38. The smallest absolute Gasteiger partial charge is 0.253 e. The molecule has 1 saturated heterocycles. The number of carbonyl (C=O) groups excluding carboxylic acids is 2. The molecule has 1 aliphatic rings. The van der Waals surface area contributed by atoms with E-state index in [1.54, 1.807) is 28.8 Å². The van der Waals surface area contributed by atoms with Crippen molar-refractivity contribution >= 4 is 11.8 Å². The Morgan fingerprint density at radius 2 is 2.20 bits per heavy atom.